The molecule has 6 heteroatoms. The molecule has 0 aliphatic rings. The molecule has 0 amide bonds. The fourth-order valence-corrected chi connectivity index (χ4v) is 1.41. The second kappa shape index (κ2) is 5.72. The van der Waals surface area contributed by atoms with E-state index in [0.29, 0.717) is 5.57 Å². The predicted molar refractivity (Wildman–Crippen MR) is 64.4 cm³/mol. The third-order valence-electron chi connectivity index (χ3n) is 1.51. The standard InChI is InChI=1S/C10H8Cl2FN3/c1-6(13)3-7(5-14-2)10-15-8(11)4-9(12)16-10/h3-5H,2H2,1H3/b6-3+,7-5+. The van der Waals surface area contributed by atoms with E-state index in [2.05, 4.69) is 21.7 Å². The Bertz CT molecular complexity index is 445. The number of hydrogen-bond donors (Lipinski definition) is 0. The van der Waals surface area contributed by atoms with Gasteiger partial charge in [-0.1, -0.05) is 23.2 Å². The molecule has 1 heterocycles. The zero-order valence-corrected chi connectivity index (χ0v) is 9.93. The third-order valence-corrected chi connectivity index (χ3v) is 1.89. The molecule has 1 aromatic rings. The molecule has 0 atom stereocenters. The minimum atomic E-state index is -0.408. The normalized spacial score (nSPS) is 12.8. The highest BCUT2D eigenvalue weighted by Crippen LogP contribution is 2.19. The van der Waals surface area contributed by atoms with Crippen LogP contribution in [0.3, 0.4) is 0 Å². The fraction of sp³-hybridized carbons (Fsp3) is 0.100. The van der Waals surface area contributed by atoms with E-state index in [1.54, 1.807) is 0 Å². The summed E-state index contributed by atoms with van der Waals surface area (Å²) in [6.07, 6.45) is 2.54. The summed E-state index contributed by atoms with van der Waals surface area (Å²) < 4.78 is 12.8. The molecule has 0 aliphatic heterocycles. The molecule has 0 radical (unpaired) electrons. The second-order valence-electron chi connectivity index (χ2n) is 2.84. The first kappa shape index (κ1) is 12.8. The summed E-state index contributed by atoms with van der Waals surface area (Å²) in [4.78, 5) is 11.4. The van der Waals surface area contributed by atoms with Crippen molar-refractivity contribution in [3.05, 3.63) is 40.3 Å². The summed E-state index contributed by atoms with van der Waals surface area (Å²) in [7, 11) is 0. The van der Waals surface area contributed by atoms with E-state index in [-0.39, 0.29) is 16.1 Å². The van der Waals surface area contributed by atoms with E-state index in [9.17, 15) is 4.39 Å². The monoisotopic (exact) mass is 259 g/mol. The zero-order chi connectivity index (χ0) is 12.1. The molecule has 0 unspecified atom stereocenters. The van der Waals surface area contributed by atoms with Crippen molar-refractivity contribution in [1.29, 1.82) is 0 Å². The zero-order valence-electron chi connectivity index (χ0n) is 8.41. The molecule has 1 rings (SSSR count). The summed E-state index contributed by atoms with van der Waals surface area (Å²) >= 11 is 11.4. The number of rotatable bonds is 3. The average Bonchev–Trinajstić information content (AvgIpc) is 2.14. The van der Waals surface area contributed by atoms with Gasteiger partial charge >= 0.3 is 0 Å². The Hall–Kier alpha value is -1.26. The molecule has 0 N–H and O–H groups in total. The number of aliphatic imine (C=N–C) groups is 1. The molecule has 0 bridgehead atoms. The van der Waals surface area contributed by atoms with Crippen LogP contribution >= 0.6 is 23.2 Å². The number of nitrogens with zero attached hydrogens (tertiary/aromatic N) is 3. The molecule has 0 spiro atoms. The first-order valence-corrected chi connectivity index (χ1v) is 4.99. The number of allylic oxidation sites excluding steroid dienone is 3. The second-order valence-corrected chi connectivity index (χ2v) is 3.61. The van der Waals surface area contributed by atoms with Gasteiger partial charge in [0.05, 0.1) is 5.83 Å². The van der Waals surface area contributed by atoms with E-state index >= 15 is 0 Å². The molecule has 3 nitrogen and oxygen atoms in total. The van der Waals surface area contributed by atoms with Crippen LogP contribution in [0.15, 0.2) is 29.2 Å². The van der Waals surface area contributed by atoms with Crippen LogP contribution in [-0.2, 0) is 0 Å². The Morgan fingerprint density at radius 1 is 1.44 bits per heavy atom. The SMILES string of the molecule is C=N/C=C(\C=C(/C)F)c1nc(Cl)cc(Cl)n1. The van der Waals surface area contributed by atoms with Gasteiger partial charge in [0.2, 0.25) is 0 Å². The maximum Gasteiger partial charge on any atom is 0.164 e. The van der Waals surface area contributed by atoms with Gasteiger partial charge in [-0.2, -0.15) is 0 Å². The Morgan fingerprint density at radius 2 is 2.00 bits per heavy atom. The van der Waals surface area contributed by atoms with E-state index in [1.807, 2.05) is 0 Å². The Kier molecular flexibility index (Phi) is 4.58. The van der Waals surface area contributed by atoms with Crippen molar-refractivity contribution in [3.63, 3.8) is 0 Å². The van der Waals surface area contributed by atoms with Crippen molar-refractivity contribution in [3.8, 4) is 0 Å². The summed E-state index contributed by atoms with van der Waals surface area (Å²) in [6, 6.07) is 1.39. The van der Waals surface area contributed by atoms with Crippen LogP contribution in [0.2, 0.25) is 10.3 Å². The lowest BCUT2D eigenvalue weighted by molar-refractivity contribution is 0.641. The molecule has 84 valence electrons. The smallest absolute Gasteiger partial charge is 0.164 e. The fourth-order valence-electron chi connectivity index (χ4n) is 0.991. The molecule has 0 saturated heterocycles. The van der Waals surface area contributed by atoms with Gasteiger partial charge in [0, 0.05) is 17.8 Å². The molecule has 0 fully saturated rings. The van der Waals surface area contributed by atoms with Crippen LogP contribution in [-0.4, -0.2) is 16.7 Å². The first-order valence-electron chi connectivity index (χ1n) is 4.23. The van der Waals surface area contributed by atoms with Gasteiger partial charge in [-0.25, -0.2) is 14.4 Å². The lowest BCUT2D eigenvalue weighted by Crippen LogP contribution is -1.93. The highest BCUT2D eigenvalue weighted by molar-refractivity contribution is 6.33. The van der Waals surface area contributed by atoms with Crippen molar-refractivity contribution in [1.82, 2.24) is 9.97 Å². The van der Waals surface area contributed by atoms with Gasteiger partial charge in [0.25, 0.3) is 0 Å². The highest BCUT2D eigenvalue weighted by atomic mass is 35.5. The first-order chi connectivity index (χ1) is 7.52. The van der Waals surface area contributed by atoms with Gasteiger partial charge in [-0.05, 0) is 19.7 Å². The van der Waals surface area contributed by atoms with Crippen LogP contribution in [0.1, 0.15) is 12.7 Å². The minimum Gasteiger partial charge on any atom is -0.272 e. The van der Waals surface area contributed by atoms with Crippen molar-refractivity contribution < 1.29 is 4.39 Å². The molecule has 1 aromatic heterocycles. The average molecular weight is 260 g/mol. The van der Waals surface area contributed by atoms with Gasteiger partial charge in [-0.3, -0.25) is 4.99 Å². The van der Waals surface area contributed by atoms with E-state index in [0.717, 1.165) is 0 Å². The van der Waals surface area contributed by atoms with E-state index in [4.69, 9.17) is 23.2 Å². The third kappa shape index (κ3) is 3.72. The Morgan fingerprint density at radius 3 is 2.44 bits per heavy atom. The molecular weight excluding hydrogens is 252 g/mol. The van der Waals surface area contributed by atoms with Crippen LogP contribution in [0, 0.1) is 0 Å². The van der Waals surface area contributed by atoms with Crippen LogP contribution < -0.4 is 0 Å². The van der Waals surface area contributed by atoms with E-state index in [1.165, 1.54) is 25.3 Å². The van der Waals surface area contributed by atoms with Crippen LogP contribution in [0.5, 0.6) is 0 Å². The van der Waals surface area contributed by atoms with Crippen molar-refractivity contribution in [2.24, 2.45) is 4.99 Å². The Balaban J connectivity index is 3.26. The summed E-state index contributed by atoms with van der Waals surface area (Å²) in [5.41, 5.74) is 0.347. The largest absolute Gasteiger partial charge is 0.272 e. The van der Waals surface area contributed by atoms with Gasteiger partial charge in [-0.15, -0.1) is 0 Å². The van der Waals surface area contributed by atoms with Crippen LogP contribution in [0.4, 0.5) is 4.39 Å². The summed E-state index contributed by atoms with van der Waals surface area (Å²) in [5.74, 6) is -0.212. The lowest BCUT2D eigenvalue weighted by Gasteiger charge is -2.01. The van der Waals surface area contributed by atoms with E-state index < -0.39 is 5.83 Å². The highest BCUT2D eigenvalue weighted by Gasteiger charge is 2.06. The minimum absolute atomic E-state index is 0.176. The number of halogens is 3. The van der Waals surface area contributed by atoms with Gasteiger partial charge < -0.3 is 0 Å². The molecular formula is C10H8Cl2FN3. The van der Waals surface area contributed by atoms with Crippen LogP contribution in [0.25, 0.3) is 5.57 Å². The molecule has 16 heavy (non-hydrogen) atoms. The van der Waals surface area contributed by atoms with Gasteiger partial charge in [0.1, 0.15) is 10.3 Å². The number of aromatic nitrogens is 2. The van der Waals surface area contributed by atoms with Gasteiger partial charge in [0.15, 0.2) is 5.82 Å². The molecule has 0 aliphatic carbocycles. The van der Waals surface area contributed by atoms with Crippen molar-refractivity contribution in [2.75, 3.05) is 0 Å². The maximum atomic E-state index is 12.8. The maximum absolute atomic E-state index is 12.8. The van der Waals surface area contributed by atoms with Crippen molar-refractivity contribution >= 4 is 35.5 Å². The quantitative estimate of drug-likeness (QED) is 0.472. The summed E-state index contributed by atoms with van der Waals surface area (Å²) in [6.45, 7) is 4.57. The number of hydrogen-bond acceptors (Lipinski definition) is 3. The topological polar surface area (TPSA) is 38.1 Å². The summed E-state index contributed by atoms with van der Waals surface area (Å²) in [5, 5.41) is 0.352. The molecule has 0 saturated carbocycles. The Labute approximate surface area is 102 Å². The molecule has 0 aromatic carbocycles. The lowest BCUT2D eigenvalue weighted by atomic mass is 10.2. The predicted octanol–water partition coefficient (Wildman–Crippen LogP) is 3.70. The van der Waals surface area contributed by atoms with Crippen molar-refractivity contribution in [2.45, 2.75) is 6.92 Å².